The highest BCUT2D eigenvalue weighted by molar-refractivity contribution is 7.98. The molecule has 0 aliphatic heterocycles. The average molecular weight is 411 g/mol. The molecule has 2 heterocycles. The summed E-state index contributed by atoms with van der Waals surface area (Å²) in [7, 11) is 0. The van der Waals surface area contributed by atoms with Gasteiger partial charge in [0.05, 0.1) is 10.6 Å². The number of halogens is 1. The Labute approximate surface area is 167 Å². The Balaban J connectivity index is 1.48. The molecule has 0 radical (unpaired) electrons. The Morgan fingerprint density at radius 2 is 1.86 bits per heavy atom. The SMILES string of the molecule is Nn1c(SCc2ccc([N+](=O)[O-])cc2)nnc1-c1cc(-c2ccc(F)cc2)n[nH]1. The molecule has 0 atom stereocenters. The van der Waals surface area contributed by atoms with E-state index in [2.05, 4.69) is 20.4 Å². The molecule has 11 heteroatoms. The van der Waals surface area contributed by atoms with Gasteiger partial charge in [0, 0.05) is 23.4 Å². The summed E-state index contributed by atoms with van der Waals surface area (Å²) < 4.78 is 14.4. The lowest BCUT2D eigenvalue weighted by molar-refractivity contribution is -0.384. The number of non-ortho nitro benzene ring substituents is 1. The zero-order chi connectivity index (χ0) is 20.4. The molecule has 0 saturated carbocycles. The maximum absolute atomic E-state index is 13.1. The molecular weight excluding hydrogens is 397 g/mol. The minimum absolute atomic E-state index is 0.0410. The number of nitrogens with zero attached hydrogens (tertiary/aromatic N) is 5. The zero-order valence-corrected chi connectivity index (χ0v) is 15.6. The number of nitrogens with one attached hydrogen (secondary N) is 1. The monoisotopic (exact) mass is 411 g/mol. The van der Waals surface area contributed by atoms with E-state index >= 15 is 0 Å². The molecule has 0 amide bonds. The van der Waals surface area contributed by atoms with Crippen LogP contribution in [0.3, 0.4) is 0 Å². The molecule has 2 aromatic heterocycles. The van der Waals surface area contributed by atoms with E-state index in [0.717, 1.165) is 11.1 Å². The van der Waals surface area contributed by atoms with Crippen LogP contribution < -0.4 is 5.84 Å². The number of hydrogen-bond donors (Lipinski definition) is 2. The summed E-state index contributed by atoms with van der Waals surface area (Å²) in [4.78, 5) is 10.3. The lowest BCUT2D eigenvalue weighted by Crippen LogP contribution is -2.11. The second kappa shape index (κ2) is 7.72. The summed E-state index contributed by atoms with van der Waals surface area (Å²) in [5.41, 5.74) is 2.89. The molecule has 29 heavy (non-hydrogen) atoms. The van der Waals surface area contributed by atoms with Crippen LogP contribution in [0.25, 0.3) is 22.8 Å². The van der Waals surface area contributed by atoms with Gasteiger partial charge in [0.25, 0.3) is 5.69 Å². The largest absolute Gasteiger partial charge is 0.335 e. The maximum Gasteiger partial charge on any atom is 0.269 e. The first-order valence-corrected chi connectivity index (χ1v) is 9.38. The summed E-state index contributed by atoms with van der Waals surface area (Å²) in [5.74, 6) is 6.72. The van der Waals surface area contributed by atoms with E-state index in [4.69, 9.17) is 5.84 Å². The number of hydrogen-bond acceptors (Lipinski definition) is 7. The minimum Gasteiger partial charge on any atom is -0.335 e. The molecule has 0 saturated heterocycles. The van der Waals surface area contributed by atoms with Gasteiger partial charge in [-0.3, -0.25) is 15.2 Å². The molecule has 4 aromatic rings. The number of H-pyrrole nitrogens is 1. The molecule has 9 nitrogen and oxygen atoms in total. The molecule has 3 N–H and O–H groups in total. The fourth-order valence-electron chi connectivity index (χ4n) is 2.63. The first-order chi connectivity index (χ1) is 14.0. The van der Waals surface area contributed by atoms with Crippen LogP contribution in [0, 0.1) is 15.9 Å². The molecule has 0 fully saturated rings. The quantitative estimate of drug-likeness (QED) is 0.215. The topological polar surface area (TPSA) is 129 Å². The van der Waals surface area contributed by atoms with Gasteiger partial charge in [0.1, 0.15) is 11.5 Å². The van der Waals surface area contributed by atoms with Gasteiger partial charge in [-0.1, -0.05) is 23.9 Å². The molecule has 0 aliphatic rings. The van der Waals surface area contributed by atoms with E-state index in [-0.39, 0.29) is 11.5 Å². The standard InChI is InChI=1S/C18H14FN7O2S/c19-13-5-3-12(4-6-13)15-9-16(22-21-15)17-23-24-18(25(17)20)29-10-11-1-7-14(8-2-11)26(27)28/h1-9H,10,20H2,(H,21,22). The van der Waals surface area contributed by atoms with Gasteiger partial charge >= 0.3 is 0 Å². The first kappa shape index (κ1) is 18.6. The maximum atomic E-state index is 13.1. The highest BCUT2D eigenvalue weighted by Crippen LogP contribution is 2.26. The number of nitro groups is 1. The van der Waals surface area contributed by atoms with Crippen LogP contribution in [0.5, 0.6) is 0 Å². The number of aromatic nitrogens is 5. The predicted octanol–water partition coefficient (Wildman–Crippen LogP) is 3.39. The van der Waals surface area contributed by atoms with Crippen molar-refractivity contribution in [2.24, 2.45) is 0 Å². The molecule has 0 unspecified atom stereocenters. The van der Waals surface area contributed by atoms with Crippen molar-refractivity contribution in [2.75, 3.05) is 5.84 Å². The lowest BCUT2D eigenvalue weighted by Gasteiger charge is -2.02. The number of rotatable bonds is 6. The highest BCUT2D eigenvalue weighted by atomic mass is 32.2. The van der Waals surface area contributed by atoms with Crippen LogP contribution in [0.1, 0.15) is 5.56 Å². The second-order valence-corrected chi connectivity index (χ2v) is 7.00. The van der Waals surface area contributed by atoms with Crippen molar-refractivity contribution in [3.63, 3.8) is 0 Å². The Bertz CT molecular complexity index is 1160. The van der Waals surface area contributed by atoms with E-state index < -0.39 is 4.92 Å². The fraction of sp³-hybridized carbons (Fsp3) is 0.0556. The Hall–Kier alpha value is -3.73. The van der Waals surface area contributed by atoms with E-state index in [1.807, 2.05) is 0 Å². The summed E-state index contributed by atoms with van der Waals surface area (Å²) >= 11 is 1.35. The van der Waals surface area contributed by atoms with Gasteiger partial charge in [-0.25, -0.2) is 9.07 Å². The van der Waals surface area contributed by atoms with Crippen molar-refractivity contribution in [2.45, 2.75) is 10.9 Å². The van der Waals surface area contributed by atoms with Gasteiger partial charge < -0.3 is 5.84 Å². The Morgan fingerprint density at radius 3 is 2.55 bits per heavy atom. The van der Waals surface area contributed by atoms with Crippen molar-refractivity contribution >= 4 is 17.4 Å². The molecule has 146 valence electrons. The lowest BCUT2D eigenvalue weighted by atomic mass is 10.1. The summed E-state index contributed by atoms with van der Waals surface area (Å²) in [6.07, 6.45) is 0. The molecule has 0 bridgehead atoms. The number of thioether (sulfide) groups is 1. The van der Waals surface area contributed by atoms with Crippen LogP contribution >= 0.6 is 11.8 Å². The van der Waals surface area contributed by atoms with E-state index in [1.54, 1.807) is 30.3 Å². The van der Waals surface area contributed by atoms with Gasteiger partial charge in [-0.15, -0.1) is 10.2 Å². The predicted molar refractivity (Wildman–Crippen MR) is 106 cm³/mol. The zero-order valence-electron chi connectivity index (χ0n) is 14.8. The van der Waals surface area contributed by atoms with E-state index in [9.17, 15) is 14.5 Å². The van der Waals surface area contributed by atoms with Gasteiger partial charge in [0.15, 0.2) is 0 Å². The molecule has 2 aromatic carbocycles. The molecule has 0 spiro atoms. The third kappa shape index (κ3) is 3.94. The number of nitro benzene ring substituents is 1. The number of nitrogens with two attached hydrogens (primary N) is 1. The van der Waals surface area contributed by atoms with Crippen LogP contribution in [0.2, 0.25) is 0 Å². The van der Waals surface area contributed by atoms with Crippen LogP contribution in [-0.4, -0.2) is 30.0 Å². The van der Waals surface area contributed by atoms with Gasteiger partial charge in [-0.2, -0.15) is 5.10 Å². The number of nitrogen functional groups attached to an aromatic ring is 1. The van der Waals surface area contributed by atoms with Crippen molar-refractivity contribution < 1.29 is 9.31 Å². The van der Waals surface area contributed by atoms with Crippen molar-refractivity contribution in [1.82, 2.24) is 25.1 Å². The van der Waals surface area contributed by atoms with Crippen molar-refractivity contribution in [3.05, 3.63) is 76.1 Å². The molecule has 4 rings (SSSR count). The van der Waals surface area contributed by atoms with Crippen molar-refractivity contribution in [1.29, 1.82) is 0 Å². The minimum atomic E-state index is -0.440. The summed E-state index contributed by atoms with van der Waals surface area (Å²) in [6, 6.07) is 14.0. The first-order valence-electron chi connectivity index (χ1n) is 8.39. The second-order valence-electron chi connectivity index (χ2n) is 6.06. The van der Waals surface area contributed by atoms with Gasteiger partial charge in [0.2, 0.25) is 11.0 Å². The Morgan fingerprint density at radius 1 is 1.14 bits per heavy atom. The van der Waals surface area contributed by atoms with Crippen LogP contribution in [0.15, 0.2) is 59.8 Å². The fourth-order valence-corrected chi connectivity index (χ4v) is 3.44. The van der Waals surface area contributed by atoms with E-state index in [1.165, 1.54) is 40.7 Å². The average Bonchev–Trinajstić information content (AvgIpc) is 3.34. The van der Waals surface area contributed by atoms with Gasteiger partial charge in [-0.05, 0) is 35.9 Å². The smallest absolute Gasteiger partial charge is 0.269 e. The number of aromatic amines is 1. The third-order valence-electron chi connectivity index (χ3n) is 4.14. The summed E-state index contributed by atoms with van der Waals surface area (Å²) in [5, 5.41) is 26.5. The van der Waals surface area contributed by atoms with Crippen LogP contribution in [0.4, 0.5) is 10.1 Å². The third-order valence-corrected chi connectivity index (χ3v) is 5.15. The Kier molecular flexibility index (Phi) is 4.96. The summed E-state index contributed by atoms with van der Waals surface area (Å²) in [6.45, 7) is 0. The molecule has 0 aliphatic carbocycles. The van der Waals surface area contributed by atoms with Crippen LogP contribution in [-0.2, 0) is 5.75 Å². The highest BCUT2D eigenvalue weighted by Gasteiger charge is 2.15. The number of benzene rings is 2. The van der Waals surface area contributed by atoms with Crippen molar-refractivity contribution in [3.8, 4) is 22.8 Å². The normalized spacial score (nSPS) is 10.9. The molecular formula is C18H14FN7O2S. The van der Waals surface area contributed by atoms with E-state index in [0.29, 0.717) is 28.1 Å².